The molecular formula is C52H45F22N2Y3-3. The second-order valence-corrected chi connectivity index (χ2v) is 16.5. The summed E-state index contributed by atoms with van der Waals surface area (Å²) in [6, 6.07) is 6.67. The van der Waals surface area contributed by atoms with Gasteiger partial charge in [-0.2, -0.15) is 55.5 Å². The molecule has 0 spiro atoms. The molecule has 6 aromatic rings. The minimum Gasteiger partial charge on any atom is -0.352 e. The van der Waals surface area contributed by atoms with Crippen molar-refractivity contribution in [1.82, 2.24) is 9.97 Å². The minimum absolute atomic E-state index is 0. The number of hydrogen-bond donors (Lipinski definition) is 0. The van der Waals surface area contributed by atoms with E-state index in [-0.39, 0.29) is 160 Å². The first-order valence-electron chi connectivity index (χ1n) is 21.3. The van der Waals surface area contributed by atoms with Crippen LogP contribution in [0.1, 0.15) is 100 Å². The fourth-order valence-electron chi connectivity index (χ4n) is 6.05. The van der Waals surface area contributed by atoms with Crippen molar-refractivity contribution >= 4 is 0 Å². The number of aromatic nitrogens is 2. The first-order chi connectivity index (χ1) is 34.3. The Morgan fingerprint density at radius 3 is 1.05 bits per heavy atom. The second kappa shape index (κ2) is 32.1. The number of hydrogen-bond acceptors (Lipinski definition) is 2. The summed E-state index contributed by atoms with van der Waals surface area (Å²) in [6.07, 6.45) is -14.4. The largest absolute Gasteiger partial charge is 0.419 e. The fourth-order valence-corrected chi connectivity index (χ4v) is 6.05. The van der Waals surface area contributed by atoms with Crippen LogP contribution >= 0.6 is 0 Å². The summed E-state index contributed by atoms with van der Waals surface area (Å²) in [7, 11) is 0. The summed E-state index contributed by atoms with van der Waals surface area (Å²) < 4.78 is 278. The van der Waals surface area contributed by atoms with Gasteiger partial charge in [0, 0.05) is 144 Å². The number of benzene rings is 4. The summed E-state index contributed by atoms with van der Waals surface area (Å²) in [5, 5.41) is 0. The van der Waals surface area contributed by atoms with Crippen LogP contribution in [0.2, 0.25) is 0 Å². The zero-order valence-electron chi connectivity index (χ0n) is 44.4. The molecule has 429 valence electrons. The number of aryl methyl sites for hydroxylation is 5. The van der Waals surface area contributed by atoms with Crippen LogP contribution in [0.15, 0.2) is 0 Å². The van der Waals surface area contributed by atoms with Gasteiger partial charge in [-0.15, -0.1) is 45.5 Å². The molecule has 2 nitrogen and oxygen atoms in total. The molecule has 6 rings (SSSR count). The van der Waals surface area contributed by atoms with Crippen LogP contribution in [0.5, 0.6) is 0 Å². The molecule has 0 saturated heterocycles. The van der Waals surface area contributed by atoms with Crippen molar-refractivity contribution in [1.29, 1.82) is 0 Å². The van der Waals surface area contributed by atoms with Crippen LogP contribution in [0.3, 0.4) is 0 Å². The molecule has 0 saturated carbocycles. The van der Waals surface area contributed by atoms with E-state index in [1.165, 1.54) is 48.5 Å². The zero-order valence-corrected chi connectivity index (χ0v) is 53.0. The van der Waals surface area contributed by atoms with Crippen molar-refractivity contribution in [2.75, 3.05) is 0 Å². The van der Waals surface area contributed by atoms with Gasteiger partial charge in [-0.3, -0.25) is 8.78 Å². The molecule has 27 heteroatoms. The third-order valence-electron chi connectivity index (χ3n) is 11.1. The third kappa shape index (κ3) is 20.7. The molecule has 2 aromatic heterocycles. The molecule has 0 bridgehead atoms. The van der Waals surface area contributed by atoms with Gasteiger partial charge in [-0.1, -0.05) is 61.0 Å². The maximum absolute atomic E-state index is 13.3. The van der Waals surface area contributed by atoms with Gasteiger partial charge < -0.3 is 4.98 Å². The van der Waals surface area contributed by atoms with Gasteiger partial charge in [-0.25, -0.2) is 48.9 Å². The molecule has 0 fully saturated rings. The Balaban J connectivity index is -0.000000876. The molecule has 0 atom stereocenters. The molecule has 0 aliphatic heterocycles. The predicted molar refractivity (Wildman–Crippen MR) is 236 cm³/mol. The quantitative estimate of drug-likeness (QED) is 0.0656. The standard InChI is InChI=1S/C10H9F5.C10H9F4.C9H6F6.C9H9F2.C7H6F3N.C7H6F2N.3Y/c1-4-5(2)9(12)7(10(13,14)15)6(3)8(4)11;1-5-4-8(10(12,13)14)7(3)9(11)6(5)2;1-3-5(9(13,14)15)6(10)4(2)8(12)7(3)11;1-5-4-8(10)6(2)7(3)9(5)11;1-3-5(8)6(9)4(2)11-7(3)10;1-4-3-6(8)5(2)10-7(4)9;;;/h1-3H3;1-3H3;1-2H3;1-3H3;1-2H3;1-2H3;;;/q;-1;;-1;;-1;;;. The molecule has 0 unspecified atom stereocenters. The molecule has 0 aliphatic rings. The first kappa shape index (κ1) is 80.2. The SMILES string of the molecule is Cc1[c-]c(C(F)(F)F)c(C)c(F)c1C.Cc1[c-]c(F)c(C)c(C)c1F.Cc1[c-]c(F)c(C)nc1F.Cc1c(C)c(F)c(C(F)(F)F)c(C)c1F.Cc1c(F)c(F)c(C)c(C(F)(F)F)c1F.Cc1nc(F)c(C)c(F)c1F.[Y].[Y].[Y]. The Kier molecular flexibility index (Phi) is 32.6. The van der Waals surface area contributed by atoms with Crippen LogP contribution in [0.4, 0.5) is 96.6 Å². The molecule has 2 heterocycles. The van der Waals surface area contributed by atoms with E-state index in [1.807, 2.05) is 0 Å². The Morgan fingerprint density at radius 2 is 0.620 bits per heavy atom. The van der Waals surface area contributed by atoms with Crippen molar-refractivity contribution < 1.29 is 195 Å². The smallest absolute Gasteiger partial charge is 0.352 e. The van der Waals surface area contributed by atoms with Crippen molar-refractivity contribution in [2.24, 2.45) is 0 Å². The molecule has 0 N–H and O–H groups in total. The van der Waals surface area contributed by atoms with Crippen LogP contribution in [-0.2, 0) is 117 Å². The van der Waals surface area contributed by atoms with Crippen LogP contribution < -0.4 is 0 Å². The number of alkyl halides is 9. The maximum Gasteiger partial charge on any atom is 0.419 e. The topological polar surface area (TPSA) is 25.8 Å². The van der Waals surface area contributed by atoms with Gasteiger partial charge in [0.2, 0.25) is 5.95 Å². The zero-order chi connectivity index (χ0) is 59.9. The van der Waals surface area contributed by atoms with Crippen molar-refractivity contribution in [3.8, 4) is 0 Å². The number of nitrogens with zero attached hydrogens (tertiary/aromatic N) is 2. The Labute approximate surface area is 517 Å². The summed E-state index contributed by atoms with van der Waals surface area (Å²) >= 11 is 0. The molecular weight excluding hydrogens is 1340 g/mol. The molecule has 4 aromatic carbocycles. The summed E-state index contributed by atoms with van der Waals surface area (Å²) in [6.45, 7) is 18.5. The van der Waals surface area contributed by atoms with E-state index < -0.39 is 122 Å². The van der Waals surface area contributed by atoms with E-state index in [9.17, 15) is 96.6 Å². The van der Waals surface area contributed by atoms with E-state index >= 15 is 0 Å². The van der Waals surface area contributed by atoms with Crippen molar-refractivity contribution in [3.63, 3.8) is 0 Å². The molecule has 0 aliphatic carbocycles. The van der Waals surface area contributed by atoms with Gasteiger partial charge in [-0.05, 0) is 65.3 Å². The van der Waals surface area contributed by atoms with Gasteiger partial charge in [0.1, 0.15) is 17.5 Å². The normalized spacial score (nSPS) is 10.8. The van der Waals surface area contributed by atoms with E-state index in [0.717, 1.165) is 34.6 Å². The minimum atomic E-state index is -5.03. The van der Waals surface area contributed by atoms with Crippen molar-refractivity contribution in [2.45, 2.75) is 122 Å². The Bertz CT molecular complexity index is 2790. The summed E-state index contributed by atoms with van der Waals surface area (Å²) in [4.78, 5) is 6.45. The number of halogens is 22. The Hall–Kier alpha value is -3.05. The third-order valence-corrected chi connectivity index (χ3v) is 11.1. The van der Waals surface area contributed by atoms with Gasteiger partial charge in [0.25, 0.3) is 0 Å². The second-order valence-electron chi connectivity index (χ2n) is 16.5. The molecule has 79 heavy (non-hydrogen) atoms. The molecule has 3 radical (unpaired) electrons. The fraction of sp³-hybridized carbons (Fsp3) is 0.346. The monoisotopic (exact) mass is 1380 g/mol. The van der Waals surface area contributed by atoms with Gasteiger partial charge in [0.15, 0.2) is 23.3 Å². The Morgan fingerprint density at radius 1 is 0.266 bits per heavy atom. The van der Waals surface area contributed by atoms with Gasteiger partial charge >= 0.3 is 18.5 Å². The first-order valence-corrected chi connectivity index (χ1v) is 21.3. The average molecular weight is 1380 g/mol. The van der Waals surface area contributed by atoms with E-state index in [0.29, 0.717) is 18.1 Å². The summed E-state index contributed by atoms with van der Waals surface area (Å²) in [5.74, 6) is -13.4. The predicted octanol–water partition coefficient (Wildman–Crippen LogP) is 17.8. The van der Waals surface area contributed by atoms with E-state index in [1.54, 1.807) is 13.8 Å². The molecule has 0 amide bonds. The summed E-state index contributed by atoms with van der Waals surface area (Å²) in [5.41, 5.74) is -6.89. The van der Waals surface area contributed by atoms with Crippen LogP contribution in [-0.4, -0.2) is 9.97 Å². The maximum atomic E-state index is 13.3. The van der Waals surface area contributed by atoms with Crippen LogP contribution in [0, 0.1) is 198 Å². The van der Waals surface area contributed by atoms with E-state index in [2.05, 4.69) is 28.2 Å². The average Bonchev–Trinajstić information content (AvgIpc) is 3.31. The number of pyridine rings is 2. The number of rotatable bonds is 0. The van der Waals surface area contributed by atoms with Crippen molar-refractivity contribution in [3.05, 3.63) is 194 Å². The van der Waals surface area contributed by atoms with E-state index in [4.69, 9.17) is 0 Å². The van der Waals surface area contributed by atoms with Crippen LogP contribution in [0.25, 0.3) is 0 Å². The van der Waals surface area contributed by atoms with Gasteiger partial charge in [0.05, 0.1) is 22.8 Å².